The Hall–Kier alpha value is -1.97. The molecule has 0 aromatic heterocycles. The first-order valence-electron chi connectivity index (χ1n) is 5.58. The van der Waals surface area contributed by atoms with Crippen LogP contribution in [-0.4, -0.2) is 23.4 Å². The molecule has 0 saturated heterocycles. The van der Waals surface area contributed by atoms with Gasteiger partial charge in [0.2, 0.25) is 0 Å². The molecule has 2 aliphatic rings. The molecule has 1 atom stereocenters. The molecule has 0 saturated carbocycles. The summed E-state index contributed by atoms with van der Waals surface area (Å²) in [5, 5.41) is 2.72. The summed E-state index contributed by atoms with van der Waals surface area (Å²) in [5.74, 6) is -0.720. The molecule has 2 rings (SSSR count). The summed E-state index contributed by atoms with van der Waals surface area (Å²) in [6.45, 7) is 3.73. The van der Waals surface area contributed by atoms with Crippen molar-refractivity contribution in [1.29, 1.82) is 0 Å². The van der Waals surface area contributed by atoms with Crippen LogP contribution in [0.4, 0.5) is 0 Å². The first kappa shape index (κ1) is 11.5. The predicted molar refractivity (Wildman–Crippen MR) is 65.6 cm³/mol. The number of ketones is 1. The lowest BCUT2D eigenvalue weighted by molar-refractivity contribution is -0.119. The van der Waals surface area contributed by atoms with Crippen LogP contribution in [0.5, 0.6) is 0 Å². The van der Waals surface area contributed by atoms with Gasteiger partial charge in [-0.25, -0.2) is 4.99 Å². The molecule has 0 radical (unpaired) electrons. The fraction of sp³-hybridized carbons (Fsp3) is 0.308. The SMILES string of the molecule is CC(C)NC(=O)C1=CC(=O)C2C=CC=CC2=N1. The van der Waals surface area contributed by atoms with Crippen molar-refractivity contribution in [3.8, 4) is 0 Å². The van der Waals surface area contributed by atoms with Crippen LogP contribution in [0.2, 0.25) is 0 Å². The van der Waals surface area contributed by atoms with Crippen LogP contribution in [0.1, 0.15) is 13.8 Å². The Labute approximate surface area is 99.8 Å². The molecule has 0 aromatic rings. The van der Waals surface area contributed by atoms with E-state index >= 15 is 0 Å². The Morgan fingerprint density at radius 2 is 2.18 bits per heavy atom. The second-order valence-electron chi connectivity index (χ2n) is 4.32. The molecule has 0 bridgehead atoms. The van der Waals surface area contributed by atoms with Gasteiger partial charge in [0, 0.05) is 12.1 Å². The fourth-order valence-corrected chi connectivity index (χ4v) is 1.73. The summed E-state index contributed by atoms with van der Waals surface area (Å²) in [7, 11) is 0. The average Bonchev–Trinajstić information content (AvgIpc) is 2.28. The Balaban J connectivity index is 2.24. The second-order valence-corrected chi connectivity index (χ2v) is 4.32. The molecule has 1 aliphatic carbocycles. The zero-order valence-corrected chi connectivity index (χ0v) is 9.81. The molecule has 0 aromatic carbocycles. The number of hydrogen-bond acceptors (Lipinski definition) is 3. The summed E-state index contributed by atoms with van der Waals surface area (Å²) >= 11 is 0. The predicted octanol–water partition coefficient (Wildman–Crippen LogP) is 1.16. The maximum atomic E-state index is 11.8. The zero-order valence-electron chi connectivity index (χ0n) is 9.81. The Morgan fingerprint density at radius 1 is 1.41 bits per heavy atom. The molecule has 1 heterocycles. The minimum atomic E-state index is -0.324. The van der Waals surface area contributed by atoms with E-state index in [4.69, 9.17) is 0 Å². The summed E-state index contributed by atoms with van der Waals surface area (Å²) in [6, 6.07) is 0.0261. The van der Waals surface area contributed by atoms with E-state index in [9.17, 15) is 9.59 Å². The van der Waals surface area contributed by atoms with Crippen molar-refractivity contribution in [2.24, 2.45) is 10.9 Å². The summed E-state index contributed by atoms with van der Waals surface area (Å²) < 4.78 is 0. The van der Waals surface area contributed by atoms with E-state index in [0.717, 1.165) is 0 Å². The number of aliphatic imine (C=N–C) groups is 1. The van der Waals surface area contributed by atoms with Gasteiger partial charge < -0.3 is 5.32 Å². The lowest BCUT2D eigenvalue weighted by Crippen LogP contribution is -2.34. The molecule has 1 amide bonds. The van der Waals surface area contributed by atoms with E-state index in [-0.39, 0.29) is 29.3 Å². The molecule has 4 nitrogen and oxygen atoms in total. The highest BCUT2D eigenvalue weighted by molar-refractivity contribution is 6.21. The van der Waals surface area contributed by atoms with Gasteiger partial charge in [0.1, 0.15) is 5.70 Å². The van der Waals surface area contributed by atoms with Crippen LogP contribution >= 0.6 is 0 Å². The third-order valence-electron chi connectivity index (χ3n) is 2.49. The van der Waals surface area contributed by atoms with Crippen LogP contribution in [0.25, 0.3) is 0 Å². The number of allylic oxidation sites excluding steroid dienone is 5. The van der Waals surface area contributed by atoms with E-state index < -0.39 is 0 Å². The van der Waals surface area contributed by atoms with E-state index in [1.807, 2.05) is 26.0 Å². The minimum Gasteiger partial charge on any atom is -0.349 e. The smallest absolute Gasteiger partial charge is 0.270 e. The van der Waals surface area contributed by atoms with E-state index in [2.05, 4.69) is 10.3 Å². The number of hydrogen-bond donors (Lipinski definition) is 1. The monoisotopic (exact) mass is 230 g/mol. The molecule has 0 spiro atoms. The first-order chi connectivity index (χ1) is 8.08. The maximum Gasteiger partial charge on any atom is 0.270 e. The van der Waals surface area contributed by atoms with Crippen LogP contribution in [-0.2, 0) is 9.59 Å². The first-order valence-corrected chi connectivity index (χ1v) is 5.58. The highest BCUT2D eigenvalue weighted by Gasteiger charge is 2.26. The van der Waals surface area contributed by atoms with Crippen molar-refractivity contribution >= 4 is 17.4 Å². The van der Waals surface area contributed by atoms with Gasteiger partial charge in [0.15, 0.2) is 5.78 Å². The number of nitrogens with one attached hydrogen (secondary N) is 1. The third-order valence-corrected chi connectivity index (χ3v) is 2.49. The Bertz CT molecular complexity index is 482. The normalized spacial score (nSPS) is 22.1. The van der Waals surface area contributed by atoms with Crippen LogP contribution < -0.4 is 5.32 Å². The number of amides is 1. The summed E-state index contributed by atoms with van der Waals surface area (Å²) in [5.41, 5.74) is 0.823. The number of rotatable bonds is 2. The molecule has 1 N–H and O–H groups in total. The maximum absolute atomic E-state index is 11.8. The number of fused-ring (bicyclic) bond motifs is 1. The highest BCUT2D eigenvalue weighted by Crippen LogP contribution is 2.19. The molecule has 0 fully saturated rings. The third kappa shape index (κ3) is 2.41. The molecule has 88 valence electrons. The standard InChI is InChI=1S/C13H14N2O2/c1-8(2)14-13(17)11-7-12(16)9-5-3-4-6-10(9)15-11/h3-9H,1-2H3,(H,14,17). The minimum absolute atomic E-state index is 0.0261. The largest absolute Gasteiger partial charge is 0.349 e. The van der Waals surface area contributed by atoms with Crippen LogP contribution in [0.3, 0.4) is 0 Å². The number of carbonyl (C=O) groups excluding carboxylic acids is 2. The average molecular weight is 230 g/mol. The molecule has 17 heavy (non-hydrogen) atoms. The van der Waals surface area contributed by atoms with Crippen LogP contribution in [0.15, 0.2) is 41.1 Å². The van der Waals surface area contributed by atoms with E-state index in [1.54, 1.807) is 12.2 Å². The van der Waals surface area contributed by atoms with Crippen LogP contribution in [0, 0.1) is 5.92 Å². The Morgan fingerprint density at radius 3 is 2.88 bits per heavy atom. The molecule has 4 heteroatoms. The van der Waals surface area contributed by atoms with Gasteiger partial charge in [-0.2, -0.15) is 0 Å². The molecular weight excluding hydrogens is 216 g/mol. The van der Waals surface area contributed by atoms with Crippen molar-refractivity contribution in [3.05, 3.63) is 36.1 Å². The van der Waals surface area contributed by atoms with Gasteiger partial charge >= 0.3 is 0 Å². The Kier molecular flexibility index (Phi) is 3.04. The lowest BCUT2D eigenvalue weighted by atomic mass is 9.91. The van der Waals surface area contributed by atoms with E-state index in [1.165, 1.54) is 6.08 Å². The van der Waals surface area contributed by atoms with Gasteiger partial charge in [-0.15, -0.1) is 0 Å². The van der Waals surface area contributed by atoms with Gasteiger partial charge in [0.05, 0.1) is 11.6 Å². The van der Waals surface area contributed by atoms with Crippen molar-refractivity contribution in [3.63, 3.8) is 0 Å². The molecular formula is C13H14N2O2. The van der Waals surface area contributed by atoms with Crippen molar-refractivity contribution in [2.75, 3.05) is 0 Å². The van der Waals surface area contributed by atoms with E-state index in [0.29, 0.717) is 5.71 Å². The van der Waals surface area contributed by atoms with Gasteiger partial charge in [-0.3, -0.25) is 9.59 Å². The summed E-state index contributed by atoms with van der Waals surface area (Å²) in [6.07, 6.45) is 8.49. The zero-order chi connectivity index (χ0) is 12.4. The number of nitrogens with zero attached hydrogens (tertiary/aromatic N) is 1. The van der Waals surface area contributed by atoms with Gasteiger partial charge in [0.25, 0.3) is 5.91 Å². The van der Waals surface area contributed by atoms with Crippen molar-refractivity contribution in [2.45, 2.75) is 19.9 Å². The van der Waals surface area contributed by atoms with Crippen molar-refractivity contribution < 1.29 is 9.59 Å². The molecule has 1 aliphatic heterocycles. The van der Waals surface area contributed by atoms with Gasteiger partial charge in [-0.05, 0) is 19.9 Å². The topological polar surface area (TPSA) is 58.5 Å². The summed E-state index contributed by atoms with van der Waals surface area (Å²) in [4.78, 5) is 27.8. The van der Waals surface area contributed by atoms with Crippen molar-refractivity contribution in [1.82, 2.24) is 5.32 Å². The number of carbonyl (C=O) groups is 2. The quantitative estimate of drug-likeness (QED) is 0.774. The fourth-order valence-electron chi connectivity index (χ4n) is 1.73. The lowest BCUT2D eigenvalue weighted by Gasteiger charge is -2.18. The second kappa shape index (κ2) is 4.49. The molecule has 1 unspecified atom stereocenters. The van der Waals surface area contributed by atoms with Gasteiger partial charge in [-0.1, -0.05) is 18.2 Å². The highest BCUT2D eigenvalue weighted by atomic mass is 16.2.